The molecular formula is C18H21BrO3. The molecule has 0 unspecified atom stereocenters. The Hall–Kier alpha value is -1.68. The van der Waals surface area contributed by atoms with Crippen molar-refractivity contribution in [2.75, 3.05) is 14.2 Å². The molecule has 0 aliphatic heterocycles. The zero-order valence-electron chi connectivity index (χ0n) is 13.6. The second-order valence-corrected chi connectivity index (χ2v) is 6.00. The van der Waals surface area contributed by atoms with E-state index in [0.717, 1.165) is 38.1 Å². The Kier molecular flexibility index (Phi) is 5.35. The Morgan fingerprint density at radius 3 is 2.23 bits per heavy atom. The van der Waals surface area contributed by atoms with E-state index in [1.54, 1.807) is 14.2 Å². The van der Waals surface area contributed by atoms with Gasteiger partial charge in [0.05, 0.1) is 30.2 Å². The minimum atomic E-state index is 0.0784. The van der Waals surface area contributed by atoms with E-state index in [-0.39, 0.29) is 6.10 Å². The zero-order valence-corrected chi connectivity index (χ0v) is 15.2. The number of ether oxygens (including phenoxy) is 3. The molecule has 4 heteroatoms. The van der Waals surface area contributed by atoms with Gasteiger partial charge in [-0.15, -0.1) is 0 Å². The fraction of sp³-hybridized carbons (Fsp3) is 0.333. The lowest BCUT2D eigenvalue weighted by Crippen LogP contribution is -2.06. The number of allylic oxidation sites excluding steroid dienone is 1. The molecule has 0 saturated carbocycles. The third-order valence-electron chi connectivity index (χ3n) is 3.25. The largest absolute Gasteiger partial charge is 0.496 e. The third-order valence-corrected chi connectivity index (χ3v) is 4.07. The van der Waals surface area contributed by atoms with Gasteiger partial charge >= 0.3 is 0 Å². The molecule has 0 aromatic heterocycles. The molecule has 2 aromatic carbocycles. The second kappa shape index (κ2) is 7.05. The van der Waals surface area contributed by atoms with E-state index in [9.17, 15) is 0 Å². The molecule has 0 N–H and O–H groups in total. The molecule has 0 bridgehead atoms. The molecule has 2 rings (SSSR count). The number of hydrogen-bond acceptors (Lipinski definition) is 3. The summed E-state index contributed by atoms with van der Waals surface area (Å²) in [5.41, 5.74) is 1.07. The van der Waals surface area contributed by atoms with Gasteiger partial charge in [0.2, 0.25) is 0 Å². The molecule has 0 aliphatic carbocycles. The maximum atomic E-state index is 6.01. The van der Waals surface area contributed by atoms with E-state index in [4.69, 9.17) is 14.2 Å². The number of benzene rings is 2. The molecule has 0 fully saturated rings. The lowest BCUT2D eigenvalue weighted by Gasteiger charge is -2.18. The molecule has 0 amide bonds. The van der Waals surface area contributed by atoms with Gasteiger partial charge in [-0.1, -0.05) is 12.2 Å². The standard InChI is InChI=1S/C18H21BrO3/c1-6-7-12-8-13-17(15(9-12)22-11(2)3)14(20-4)10-16(21-5)18(13)19/h6-11H,1-5H3/b7-6+. The summed E-state index contributed by atoms with van der Waals surface area (Å²) >= 11 is 3.63. The molecule has 3 nitrogen and oxygen atoms in total. The summed E-state index contributed by atoms with van der Waals surface area (Å²) in [5, 5.41) is 1.94. The quantitative estimate of drug-likeness (QED) is 0.706. The van der Waals surface area contributed by atoms with Crippen molar-refractivity contribution in [2.45, 2.75) is 26.9 Å². The van der Waals surface area contributed by atoms with Crippen LogP contribution in [0.4, 0.5) is 0 Å². The lowest BCUT2D eigenvalue weighted by atomic mass is 10.0. The molecule has 22 heavy (non-hydrogen) atoms. The molecule has 118 valence electrons. The molecule has 0 aliphatic rings. The fourth-order valence-electron chi connectivity index (χ4n) is 2.40. The number of halogens is 1. The molecular weight excluding hydrogens is 344 g/mol. The SMILES string of the molecule is C/C=C/c1cc(OC(C)C)c2c(OC)cc(OC)c(Br)c2c1. The highest BCUT2D eigenvalue weighted by molar-refractivity contribution is 9.10. The normalized spacial score (nSPS) is 11.4. The van der Waals surface area contributed by atoms with Gasteiger partial charge in [-0.3, -0.25) is 0 Å². The van der Waals surface area contributed by atoms with Crippen molar-refractivity contribution in [1.82, 2.24) is 0 Å². The van der Waals surface area contributed by atoms with Gasteiger partial charge in [-0.05, 0) is 54.4 Å². The van der Waals surface area contributed by atoms with Crippen molar-refractivity contribution in [2.24, 2.45) is 0 Å². The molecule has 0 radical (unpaired) electrons. The summed E-state index contributed by atoms with van der Waals surface area (Å²) in [6.07, 6.45) is 4.13. The van der Waals surface area contributed by atoms with Crippen molar-refractivity contribution >= 4 is 32.8 Å². The van der Waals surface area contributed by atoms with Crippen LogP contribution in [-0.4, -0.2) is 20.3 Å². The first-order valence-electron chi connectivity index (χ1n) is 7.19. The van der Waals surface area contributed by atoms with Gasteiger partial charge in [0.25, 0.3) is 0 Å². The lowest BCUT2D eigenvalue weighted by molar-refractivity contribution is 0.245. The first kappa shape index (κ1) is 16.7. The Bertz CT molecular complexity index is 705. The van der Waals surface area contributed by atoms with Crippen LogP contribution in [0.3, 0.4) is 0 Å². The summed E-state index contributed by atoms with van der Waals surface area (Å²) in [4.78, 5) is 0. The van der Waals surface area contributed by atoms with Gasteiger partial charge in [-0.2, -0.15) is 0 Å². The topological polar surface area (TPSA) is 27.7 Å². The number of fused-ring (bicyclic) bond motifs is 1. The summed E-state index contributed by atoms with van der Waals surface area (Å²) in [5.74, 6) is 2.27. The van der Waals surface area contributed by atoms with Gasteiger partial charge in [0, 0.05) is 11.5 Å². The van der Waals surface area contributed by atoms with Crippen LogP contribution in [0.5, 0.6) is 17.2 Å². The summed E-state index contributed by atoms with van der Waals surface area (Å²) in [7, 11) is 3.30. The fourth-order valence-corrected chi connectivity index (χ4v) is 2.99. The van der Waals surface area contributed by atoms with Gasteiger partial charge in [-0.25, -0.2) is 0 Å². The van der Waals surface area contributed by atoms with E-state index < -0.39 is 0 Å². The first-order chi connectivity index (χ1) is 10.5. The maximum Gasteiger partial charge on any atom is 0.137 e. The smallest absolute Gasteiger partial charge is 0.137 e. The van der Waals surface area contributed by atoms with Crippen LogP contribution in [0.15, 0.2) is 28.7 Å². The molecule has 0 atom stereocenters. The van der Waals surface area contributed by atoms with Gasteiger partial charge < -0.3 is 14.2 Å². The van der Waals surface area contributed by atoms with Crippen LogP contribution in [0.1, 0.15) is 26.3 Å². The predicted octanol–water partition coefficient (Wildman–Crippen LogP) is 5.44. The van der Waals surface area contributed by atoms with Crippen LogP contribution < -0.4 is 14.2 Å². The summed E-state index contributed by atoms with van der Waals surface area (Å²) in [6, 6.07) is 6.00. The van der Waals surface area contributed by atoms with E-state index in [2.05, 4.69) is 22.0 Å². The average molecular weight is 365 g/mol. The Balaban J connectivity index is 2.87. The maximum absolute atomic E-state index is 6.01. The van der Waals surface area contributed by atoms with Crippen molar-refractivity contribution in [3.63, 3.8) is 0 Å². The highest BCUT2D eigenvalue weighted by atomic mass is 79.9. The minimum Gasteiger partial charge on any atom is -0.496 e. The van der Waals surface area contributed by atoms with Crippen LogP contribution in [0, 0.1) is 0 Å². The van der Waals surface area contributed by atoms with Crippen LogP contribution in [0.25, 0.3) is 16.8 Å². The van der Waals surface area contributed by atoms with E-state index >= 15 is 0 Å². The van der Waals surface area contributed by atoms with E-state index in [1.165, 1.54) is 0 Å². The van der Waals surface area contributed by atoms with Crippen LogP contribution in [-0.2, 0) is 0 Å². The van der Waals surface area contributed by atoms with Gasteiger partial charge in [0.15, 0.2) is 0 Å². The second-order valence-electron chi connectivity index (χ2n) is 5.20. The van der Waals surface area contributed by atoms with Crippen molar-refractivity contribution in [3.05, 3.63) is 34.3 Å². The summed E-state index contributed by atoms with van der Waals surface area (Å²) in [6.45, 7) is 6.02. The monoisotopic (exact) mass is 364 g/mol. The van der Waals surface area contributed by atoms with Gasteiger partial charge in [0.1, 0.15) is 17.2 Å². The molecule has 0 heterocycles. The molecule has 2 aromatic rings. The zero-order chi connectivity index (χ0) is 16.3. The van der Waals surface area contributed by atoms with E-state index in [1.807, 2.05) is 45.1 Å². The minimum absolute atomic E-state index is 0.0784. The number of methoxy groups -OCH3 is 2. The number of hydrogen-bond donors (Lipinski definition) is 0. The highest BCUT2D eigenvalue weighted by Gasteiger charge is 2.17. The predicted molar refractivity (Wildman–Crippen MR) is 95.2 cm³/mol. The Morgan fingerprint density at radius 1 is 1.00 bits per heavy atom. The van der Waals surface area contributed by atoms with Crippen LogP contribution in [0.2, 0.25) is 0 Å². The van der Waals surface area contributed by atoms with E-state index in [0.29, 0.717) is 0 Å². The van der Waals surface area contributed by atoms with Crippen molar-refractivity contribution in [3.8, 4) is 17.2 Å². The average Bonchev–Trinajstić information content (AvgIpc) is 2.48. The summed E-state index contributed by atoms with van der Waals surface area (Å²) < 4.78 is 17.9. The third kappa shape index (κ3) is 3.22. The van der Waals surface area contributed by atoms with Crippen molar-refractivity contribution in [1.29, 1.82) is 0 Å². The molecule has 0 saturated heterocycles. The molecule has 0 spiro atoms. The highest BCUT2D eigenvalue weighted by Crippen LogP contribution is 2.44. The number of rotatable bonds is 5. The van der Waals surface area contributed by atoms with Crippen LogP contribution >= 0.6 is 15.9 Å². The van der Waals surface area contributed by atoms with Crippen molar-refractivity contribution < 1.29 is 14.2 Å². The Morgan fingerprint density at radius 2 is 1.68 bits per heavy atom. The first-order valence-corrected chi connectivity index (χ1v) is 7.98. The Labute approximate surface area is 140 Å².